The quantitative estimate of drug-likeness (QED) is 0.432. The van der Waals surface area contributed by atoms with E-state index in [1.54, 1.807) is 0 Å². The molecular formula is C7H18B3ClF12N-3. The van der Waals surface area contributed by atoms with Crippen molar-refractivity contribution in [3.05, 3.63) is 0 Å². The van der Waals surface area contributed by atoms with Gasteiger partial charge in [-0.3, -0.25) is 0 Å². The Hall–Kier alpha value is -0.395. The third kappa shape index (κ3) is 124. The fourth-order valence-electron chi connectivity index (χ4n) is 0.750. The fraction of sp³-hybridized carbons (Fsp3) is 1.00. The molecule has 0 aromatic heterocycles. The maximum absolute atomic E-state index is 9.75. The van der Waals surface area contributed by atoms with E-state index >= 15 is 0 Å². The molecule has 0 heterocycles. The van der Waals surface area contributed by atoms with E-state index in [2.05, 4.69) is 20.8 Å². The maximum atomic E-state index is 9.75. The topological polar surface area (TPSA) is 26.0 Å². The molecule has 0 aliphatic carbocycles. The van der Waals surface area contributed by atoms with Crippen molar-refractivity contribution in [1.82, 2.24) is 0 Å². The first kappa shape index (κ1) is 34.8. The first-order valence-electron chi connectivity index (χ1n) is 6.09. The summed E-state index contributed by atoms with van der Waals surface area (Å²) in [7, 11) is -18.0. The summed E-state index contributed by atoms with van der Waals surface area (Å²) in [5.74, 6) is 0. The molecule has 24 heavy (non-hydrogen) atoms. The van der Waals surface area contributed by atoms with E-state index in [9.17, 15) is 51.8 Å². The van der Waals surface area contributed by atoms with Crippen molar-refractivity contribution < 1.29 is 51.8 Å². The molecule has 0 amide bonds. The molecule has 0 aromatic rings. The number of nitrogens with two attached hydrogens (primary N) is 1. The summed E-state index contributed by atoms with van der Waals surface area (Å²) < 4.78 is 117. The van der Waals surface area contributed by atoms with Crippen LogP contribution in [0, 0.1) is 0 Å². The second kappa shape index (κ2) is 14.9. The van der Waals surface area contributed by atoms with Crippen LogP contribution in [0.2, 0.25) is 0 Å². The molecule has 0 bridgehead atoms. The Kier molecular flexibility index (Phi) is 21.6. The lowest BCUT2D eigenvalue weighted by Gasteiger charge is -2.23. The van der Waals surface area contributed by atoms with Gasteiger partial charge in [0, 0.05) is 5.54 Å². The van der Waals surface area contributed by atoms with Gasteiger partial charge in [-0.1, -0.05) is 20.8 Å². The number of hydrogen-bond acceptors (Lipinski definition) is 1. The first-order valence-corrected chi connectivity index (χ1v) is 6.09. The van der Waals surface area contributed by atoms with Crippen molar-refractivity contribution in [2.24, 2.45) is 5.73 Å². The van der Waals surface area contributed by atoms with Crippen LogP contribution < -0.4 is 5.73 Å². The molecule has 0 saturated heterocycles. The SMILES string of the molecule is CCC(N)(CC)CC.Cl.F[B-](F)(F)F.F[B-](F)(F)F.F[B-](F)(F)F. The van der Waals surface area contributed by atoms with Crippen LogP contribution in [-0.2, 0) is 0 Å². The fourth-order valence-corrected chi connectivity index (χ4v) is 0.750. The number of halogens is 13. The van der Waals surface area contributed by atoms with Gasteiger partial charge in [0.05, 0.1) is 0 Å². The van der Waals surface area contributed by atoms with Crippen molar-refractivity contribution in [3.63, 3.8) is 0 Å². The zero-order valence-electron chi connectivity index (χ0n) is 12.9. The van der Waals surface area contributed by atoms with Gasteiger partial charge in [-0.05, 0) is 19.3 Å². The molecule has 17 heteroatoms. The van der Waals surface area contributed by atoms with E-state index in [0.29, 0.717) is 0 Å². The van der Waals surface area contributed by atoms with Crippen LogP contribution in [-0.4, -0.2) is 27.3 Å². The van der Waals surface area contributed by atoms with Gasteiger partial charge in [-0.25, -0.2) is 0 Å². The third-order valence-corrected chi connectivity index (χ3v) is 2.11. The lowest BCUT2D eigenvalue weighted by molar-refractivity contribution is 0.366. The molecule has 0 unspecified atom stereocenters. The maximum Gasteiger partial charge on any atom is 0.673 e. The standard InChI is InChI=1S/C7H17N.3BF4.ClH/c1-4-7(8,5-2)6-3;3*2-1(3,4)5;/h4-6,8H2,1-3H3;;;;1H/q;3*-1;. The Morgan fingerprint density at radius 2 is 0.625 bits per heavy atom. The molecule has 1 nitrogen and oxygen atoms in total. The predicted molar refractivity (Wildman–Crippen MR) is 75.6 cm³/mol. The average molecular weight is 412 g/mol. The van der Waals surface area contributed by atoms with Crippen molar-refractivity contribution in [1.29, 1.82) is 0 Å². The Bertz CT molecular complexity index is 210. The molecule has 0 atom stereocenters. The monoisotopic (exact) mass is 412 g/mol. The minimum Gasteiger partial charge on any atom is -0.418 e. The molecule has 0 aliphatic heterocycles. The number of rotatable bonds is 3. The lowest BCUT2D eigenvalue weighted by Crippen LogP contribution is -2.37. The Morgan fingerprint density at radius 3 is 0.625 bits per heavy atom. The molecule has 154 valence electrons. The van der Waals surface area contributed by atoms with E-state index in [4.69, 9.17) is 5.73 Å². The van der Waals surface area contributed by atoms with Crippen LogP contribution in [0.1, 0.15) is 40.0 Å². The summed E-state index contributed by atoms with van der Waals surface area (Å²) in [6.07, 6.45) is 3.29. The number of hydrogen-bond donors (Lipinski definition) is 1. The highest BCUT2D eigenvalue weighted by Gasteiger charge is 2.21. The van der Waals surface area contributed by atoms with Crippen LogP contribution in [0.3, 0.4) is 0 Å². The van der Waals surface area contributed by atoms with Crippen molar-refractivity contribution >= 4 is 34.2 Å². The van der Waals surface area contributed by atoms with Crippen LogP contribution >= 0.6 is 12.4 Å². The first-order chi connectivity index (χ1) is 9.68. The Labute approximate surface area is 138 Å². The summed E-state index contributed by atoms with van der Waals surface area (Å²) >= 11 is 0. The highest BCUT2D eigenvalue weighted by Crippen LogP contribution is 2.14. The summed E-state index contributed by atoms with van der Waals surface area (Å²) in [4.78, 5) is 0. The molecule has 0 spiro atoms. The van der Waals surface area contributed by atoms with Crippen LogP contribution in [0.4, 0.5) is 51.8 Å². The zero-order valence-corrected chi connectivity index (χ0v) is 13.7. The van der Waals surface area contributed by atoms with Gasteiger partial charge in [0.15, 0.2) is 0 Å². The highest BCUT2D eigenvalue weighted by molar-refractivity contribution is 6.50. The molecule has 0 saturated carbocycles. The van der Waals surface area contributed by atoms with E-state index in [1.165, 1.54) is 0 Å². The zero-order chi connectivity index (χ0) is 20.1. The van der Waals surface area contributed by atoms with Gasteiger partial charge < -0.3 is 57.5 Å². The second-order valence-corrected chi connectivity index (χ2v) is 3.91. The molecular weight excluding hydrogens is 394 g/mol. The van der Waals surface area contributed by atoms with E-state index in [1.807, 2.05) is 0 Å². The highest BCUT2D eigenvalue weighted by atomic mass is 35.5. The summed E-state index contributed by atoms with van der Waals surface area (Å²) in [5.41, 5.74) is 6.02. The molecule has 0 fully saturated rings. The van der Waals surface area contributed by atoms with Gasteiger partial charge in [0.2, 0.25) is 0 Å². The van der Waals surface area contributed by atoms with Crippen LogP contribution in [0.5, 0.6) is 0 Å². The van der Waals surface area contributed by atoms with Crippen LogP contribution in [0.15, 0.2) is 0 Å². The van der Waals surface area contributed by atoms with E-state index in [0.717, 1.165) is 19.3 Å². The Morgan fingerprint density at radius 1 is 0.542 bits per heavy atom. The van der Waals surface area contributed by atoms with E-state index < -0.39 is 21.8 Å². The molecule has 0 rings (SSSR count). The van der Waals surface area contributed by atoms with Gasteiger partial charge in [-0.15, -0.1) is 12.4 Å². The van der Waals surface area contributed by atoms with Gasteiger partial charge >= 0.3 is 21.8 Å². The smallest absolute Gasteiger partial charge is 0.418 e. The van der Waals surface area contributed by atoms with Gasteiger partial charge in [0.25, 0.3) is 0 Å². The molecule has 0 radical (unpaired) electrons. The normalized spacial score (nSPS) is 11.5. The summed E-state index contributed by atoms with van der Waals surface area (Å²) in [6.45, 7) is 6.44. The lowest BCUT2D eigenvalue weighted by atomic mass is 9.92. The molecule has 0 aromatic carbocycles. The van der Waals surface area contributed by atoms with Gasteiger partial charge in [-0.2, -0.15) is 0 Å². The third-order valence-electron chi connectivity index (χ3n) is 2.11. The summed E-state index contributed by atoms with van der Waals surface area (Å²) in [6, 6.07) is 0. The van der Waals surface area contributed by atoms with E-state index in [-0.39, 0.29) is 17.9 Å². The van der Waals surface area contributed by atoms with Crippen molar-refractivity contribution in [2.75, 3.05) is 0 Å². The van der Waals surface area contributed by atoms with Crippen LogP contribution in [0.25, 0.3) is 0 Å². The average Bonchev–Trinajstić information content (AvgIpc) is 2.21. The molecule has 0 aliphatic rings. The largest absolute Gasteiger partial charge is 0.673 e. The van der Waals surface area contributed by atoms with Crippen molar-refractivity contribution in [3.8, 4) is 0 Å². The second-order valence-electron chi connectivity index (χ2n) is 3.91. The minimum atomic E-state index is -6.00. The predicted octanol–water partition coefficient (Wildman–Crippen LogP) is 6.24. The summed E-state index contributed by atoms with van der Waals surface area (Å²) in [5, 5.41) is 0. The Balaban J connectivity index is -0.0000000677. The molecule has 2 N–H and O–H groups in total. The van der Waals surface area contributed by atoms with Gasteiger partial charge in [0.1, 0.15) is 0 Å². The minimum absolute atomic E-state index is 0. The van der Waals surface area contributed by atoms with Crippen molar-refractivity contribution in [2.45, 2.75) is 45.6 Å².